The SMILES string of the molecule is CCCC(=O)OCC1=C[C@@]2(C=C(C)C[C@H](/C=C(\C)CCC=C(C)C)O2)O[C@H]2C=C(C)C(=O)C[C@@H]12. The van der Waals surface area contributed by atoms with E-state index in [0.717, 1.165) is 31.3 Å². The highest BCUT2D eigenvalue weighted by molar-refractivity contribution is 5.96. The predicted molar refractivity (Wildman–Crippen MR) is 134 cm³/mol. The number of ketones is 1. The summed E-state index contributed by atoms with van der Waals surface area (Å²) in [5.74, 6) is -1.29. The summed E-state index contributed by atoms with van der Waals surface area (Å²) in [6, 6.07) is 0. The van der Waals surface area contributed by atoms with Crippen molar-refractivity contribution in [2.75, 3.05) is 6.61 Å². The van der Waals surface area contributed by atoms with Crippen LogP contribution >= 0.6 is 0 Å². The lowest BCUT2D eigenvalue weighted by atomic mass is 9.79. The molecule has 3 rings (SSSR count). The molecule has 0 aromatic carbocycles. The molecule has 0 saturated carbocycles. The van der Waals surface area contributed by atoms with Crippen molar-refractivity contribution < 1.29 is 23.8 Å². The van der Waals surface area contributed by atoms with E-state index in [9.17, 15) is 9.59 Å². The molecule has 0 radical (unpaired) electrons. The third-order valence-electron chi connectivity index (χ3n) is 6.56. The van der Waals surface area contributed by atoms with Gasteiger partial charge in [-0.1, -0.05) is 35.8 Å². The fraction of sp³-hybridized carbons (Fsp3) is 0.586. The van der Waals surface area contributed by atoms with Crippen LogP contribution in [0.3, 0.4) is 0 Å². The zero-order chi connectivity index (χ0) is 24.9. The van der Waals surface area contributed by atoms with Crippen LogP contribution in [0.5, 0.6) is 0 Å². The zero-order valence-corrected chi connectivity index (χ0v) is 21.6. The van der Waals surface area contributed by atoms with E-state index in [1.165, 1.54) is 16.7 Å². The van der Waals surface area contributed by atoms with Gasteiger partial charge in [0.2, 0.25) is 5.79 Å². The van der Waals surface area contributed by atoms with Gasteiger partial charge in [-0.25, -0.2) is 0 Å². The lowest BCUT2D eigenvalue weighted by Gasteiger charge is -2.45. The third kappa shape index (κ3) is 6.89. The lowest BCUT2D eigenvalue weighted by Crippen LogP contribution is -2.49. The van der Waals surface area contributed by atoms with Crippen molar-refractivity contribution >= 4 is 11.8 Å². The second-order valence-corrected chi connectivity index (χ2v) is 10.2. The Morgan fingerprint density at radius 3 is 2.62 bits per heavy atom. The van der Waals surface area contributed by atoms with E-state index in [0.29, 0.717) is 18.4 Å². The van der Waals surface area contributed by atoms with Crippen molar-refractivity contribution in [1.29, 1.82) is 0 Å². The number of carbonyl (C=O) groups excluding carboxylic acids is 2. The Bertz CT molecular complexity index is 944. The van der Waals surface area contributed by atoms with Crippen molar-refractivity contribution in [2.45, 2.75) is 98.1 Å². The van der Waals surface area contributed by atoms with Crippen LogP contribution < -0.4 is 0 Å². The normalized spacial score (nSPS) is 29.1. The van der Waals surface area contributed by atoms with Crippen LogP contribution in [0, 0.1) is 5.92 Å². The molecule has 0 aromatic heterocycles. The average molecular weight is 469 g/mol. The van der Waals surface area contributed by atoms with Gasteiger partial charge in [0.1, 0.15) is 6.61 Å². The Labute approximate surface area is 204 Å². The molecule has 34 heavy (non-hydrogen) atoms. The van der Waals surface area contributed by atoms with E-state index in [-0.39, 0.29) is 36.5 Å². The summed E-state index contributed by atoms with van der Waals surface area (Å²) in [4.78, 5) is 24.5. The van der Waals surface area contributed by atoms with Crippen LogP contribution in [0.15, 0.2) is 58.2 Å². The Hall–Kier alpha value is -2.24. The molecule has 0 fully saturated rings. The van der Waals surface area contributed by atoms with Gasteiger partial charge in [0, 0.05) is 18.8 Å². The predicted octanol–water partition coefficient (Wildman–Crippen LogP) is 6.31. The molecule has 5 heteroatoms. The number of esters is 1. The molecule has 1 spiro atoms. The Morgan fingerprint density at radius 2 is 1.91 bits per heavy atom. The topological polar surface area (TPSA) is 61.8 Å². The summed E-state index contributed by atoms with van der Waals surface area (Å²) >= 11 is 0. The summed E-state index contributed by atoms with van der Waals surface area (Å²) in [6.07, 6.45) is 14.2. The summed E-state index contributed by atoms with van der Waals surface area (Å²) in [6.45, 7) is 12.4. The van der Waals surface area contributed by atoms with Crippen molar-refractivity contribution in [1.82, 2.24) is 0 Å². The third-order valence-corrected chi connectivity index (χ3v) is 6.56. The molecule has 3 aliphatic rings. The number of rotatable bonds is 8. The van der Waals surface area contributed by atoms with Crippen molar-refractivity contribution in [2.24, 2.45) is 5.92 Å². The second kappa shape index (κ2) is 11.5. The molecule has 4 atom stereocenters. The van der Waals surface area contributed by atoms with Crippen LogP contribution in [0.25, 0.3) is 0 Å². The second-order valence-electron chi connectivity index (χ2n) is 10.2. The minimum absolute atomic E-state index is 0.107. The number of carbonyl (C=O) groups is 2. The van der Waals surface area contributed by atoms with Crippen LogP contribution in [0.1, 0.15) is 80.1 Å². The van der Waals surface area contributed by atoms with E-state index in [2.05, 4.69) is 39.8 Å². The van der Waals surface area contributed by atoms with Crippen molar-refractivity contribution in [3.05, 3.63) is 58.2 Å². The first kappa shape index (κ1) is 26.4. The van der Waals surface area contributed by atoms with Gasteiger partial charge in [0.05, 0.1) is 12.2 Å². The Kier molecular flexibility index (Phi) is 8.89. The molecular weight excluding hydrogens is 428 g/mol. The molecule has 0 N–H and O–H groups in total. The molecule has 2 aliphatic heterocycles. The van der Waals surface area contributed by atoms with Crippen molar-refractivity contribution in [3.63, 3.8) is 0 Å². The number of allylic oxidation sites excluding steroid dienone is 4. The highest BCUT2D eigenvalue weighted by atomic mass is 16.7. The van der Waals surface area contributed by atoms with Crippen molar-refractivity contribution in [3.8, 4) is 0 Å². The monoisotopic (exact) mass is 468 g/mol. The first-order valence-corrected chi connectivity index (χ1v) is 12.5. The van der Waals surface area contributed by atoms with E-state index < -0.39 is 5.79 Å². The van der Waals surface area contributed by atoms with E-state index >= 15 is 0 Å². The van der Waals surface area contributed by atoms with Crippen LogP contribution in [-0.2, 0) is 23.8 Å². The number of hydrogen-bond acceptors (Lipinski definition) is 5. The smallest absolute Gasteiger partial charge is 0.306 e. The number of Topliss-reactive ketones (excluding diaryl/α,β-unsaturated/α-hetero) is 1. The highest BCUT2D eigenvalue weighted by Crippen LogP contribution is 2.42. The van der Waals surface area contributed by atoms with Gasteiger partial charge in [-0.05, 0) is 89.7 Å². The molecule has 5 nitrogen and oxygen atoms in total. The van der Waals surface area contributed by atoms with Gasteiger partial charge >= 0.3 is 5.97 Å². The molecule has 186 valence electrons. The fourth-order valence-corrected chi connectivity index (χ4v) is 4.84. The van der Waals surface area contributed by atoms with E-state index in [1.54, 1.807) is 0 Å². The summed E-state index contributed by atoms with van der Waals surface area (Å²) in [7, 11) is 0. The fourth-order valence-electron chi connectivity index (χ4n) is 4.84. The van der Waals surface area contributed by atoms with Gasteiger partial charge in [0.15, 0.2) is 5.78 Å². The lowest BCUT2D eigenvalue weighted by molar-refractivity contribution is -0.225. The van der Waals surface area contributed by atoms with E-state index in [4.69, 9.17) is 14.2 Å². The first-order valence-electron chi connectivity index (χ1n) is 12.5. The highest BCUT2D eigenvalue weighted by Gasteiger charge is 2.45. The molecular formula is C29H40O5. The number of hydrogen-bond donors (Lipinski definition) is 0. The Morgan fingerprint density at radius 1 is 1.15 bits per heavy atom. The molecule has 1 aliphatic carbocycles. The largest absolute Gasteiger partial charge is 0.461 e. The minimum Gasteiger partial charge on any atom is -0.461 e. The average Bonchev–Trinajstić information content (AvgIpc) is 2.72. The standard InChI is InChI=1S/C29H40O5/c1-7-9-28(31)32-18-23-17-29(34-27-14-22(6)26(30)15-25(23)27)16-21(5)13-24(33-29)12-20(4)11-8-10-19(2)3/h10,12,14,16-17,24-25,27H,7-9,11,13,15,18H2,1-6H3/b20-12+/t24-,25-,27-,29+/m0/s1. The quantitative estimate of drug-likeness (QED) is 0.308. The van der Waals surface area contributed by atoms with Gasteiger partial charge < -0.3 is 14.2 Å². The molecule has 0 unspecified atom stereocenters. The molecule has 0 amide bonds. The Balaban J connectivity index is 1.87. The summed E-state index contributed by atoms with van der Waals surface area (Å²) in [5, 5.41) is 0. The molecule has 0 bridgehead atoms. The van der Waals surface area contributed by atoms with Gasteiger partial charge in [-0.2, -0.15) is 0 Å². The van der Waals surface area contributed by atoms with Crippen LogP contribution in [0.4, 0.5) is 0 Å². The van der Waals surface area contributed by atoms with Crippen LogP contribution in [0.2, 0.25) is 0 Å². The maximum absolute atomic E-state index is 12.4. The molecule has 2 heterocycles. The van der Waals surface area contributed by atoms with Gasteiger partial charge in [-0.3, -0.25) is 9.59 Å². The number of ether oxygens (including phenoxy) is 3. The van der Waals surface area contributed by atoms with Gasteiger partial charge in [-0.15, -0.1) is 0 Å². The summed E-state index contributed by atoms with van der Waals surface area (Å²) < 4.78 is 18.7. The molecule has 0 aromatic rings. The summed E-state index contributed by atoms with van der Waals surface area (Å²) in [5.41, 5.74) is 5.42. The maximum atomic E-state index is 12.4. The van der Waals surface area contributed by atoms with E-state index in [1.807, 2.05) is 32.1 Å². The number of fused-ring (bicyclic) bond motifs is 1. The zero-order valence-electron chi connectivity index (χ0n) is 21.6. The van der Waals surface area contributed by atoms with Gasteiger partial charge in [0.25, 0.3) is 0 Å². The minimum atomic E-state index is -1.03. The van der Waals surface area contributed by atoms with Crippen LogP contribution in [-0.4, -0.2) is 36.4 Å². The first-order chi connectivity index (χ1) is 16.1. The maximum Gasteiger partial charge on any atom is 0.306 e. The molecule has 0 saturated heterocycles.